The molecule has 1 amide bonds. The van der Waals surface area contributed by atoms with Gasteiger partial charge in [-0.05, 0) is 50.4 Å². The molecule has 3 rings (SSSR count). The van der Waals surface area contributed by atoms with E-state index in [1.54, 1.807) is 6.92 Å². The zero-order valence-corrected chi connectivity index (χ0v) is 19.8. The van der Waals surface area contributed by atoms with Crippen LogP contribution in [0.5, 0.6) is 0 Å². The third-order valence-electron chi connectivity index (χ3n) is 5.74. The van der Waals surface area contributed by atoms with Gasteiger partial charge < -0.3 is 20.4 Å². The molecule has 6 heteroatoms. The maximum absolute atomic E-state index is 12.7. The maximum atomic E-state index is 12.7. The number of hydrogen-bond acceptors (Lipinski definition) is 3. The van der Waals surface area contributed by atoms with Crippen LogP contribution in [0.25, 0.3) is 22.2 Å². The minimum atomic E-state index is -0.200. The van der Waals surface area contributed by atoms with E-state index < -0.39 is 0 Å². The maximum Gasteiger partial charge on any atom is 0.237 e. The number of carbonyl (C=O) groups excluding carboxylic acids is 2. The molecule has 3 aromatic rings. The molecular formula is C26H34ClN3O2. The normalized spacial score (nSPS) is 11.7. The summed E-state index contributed by atoms with van der Waals surface area (Å²) in [6.45, 7) is 2.21. The fourth-order valence-corrected chi connectivity index (χ4v) is 4.05. The van der Waals surface area contributed by atoms with Crippen molar-refractivity contribution in [1.29, 1.82) is 0 Å². The number of benzene rings is 2. The number of hydrogen-bond donors (Lipinski definition) is 3. The molecule has 0 bridgehead atoms. The Balaban J connectivity index is 0.00000363. The van der Waals surface area contributed by atoms with Crippen LogP contribution in [0.4, 0.5) is 0 Å². The number of unbranched alkanes of at least 4 members (excludes halogenated alkanes) is 2. The van der Waals surface area contributed by atoms with Crippen LogP contribution in [-0.4, -0.2) is 36.3 Å². The van der Waals surface area contributed by atoms with Crippen LogP contribution in [0.15, 0.2) is 54.6 Å². The van der Waals surface area contributed by atoms with Gasteiger partial charge in [-0.25, -0.2) is 0 Å². The van der Waals surface area contributed by atoms with Crippen LogP contribution in [0, 0.1) is 0 Å². The monoisotopic (exact) mass is 455 g/mol. The van der Waals surface area contributed by atoms with Gasteiger partial charge in [0.05, 0.1) is 6.04 Å². The van der Waals surface area contributed by atoms with Gasteiger partial charge >= 0.3 is 0 Å². The third kappa shape index (κ3) is 6.94. The van der Waals surface area contributed by atoms with Gasteiger partial charge in [-0.1, -0.05) is 61.4 Å². The fourth-order valence-electron chi connectivity index (χ4n) is 4.05. The Labute approximate surface area is 196 Å². The van der Waals surface area contributed by atoms with Crippen LogP contribution in [0.3, 0.4) is 0 Å². The lowest BCUT2D eigenvalue weighted by molar-refractivity contribution is -0.123. The van der Waals surface area contributed by atoms with Crippen LogP contribution in [0.1, 0.15) is 44.6 Å². The van der Waals surface area contributed by atoms with Gasteiger partial charge in [-0.15, -0.1) is 12.4 Å². The van der Waals surface area contributed by atoms with E-state index in [0.717, 1.165) is 48.9 Å². The molecule has 172 valence electrons. The second-order valence-corrected chi connectivity index (χ2v) is 8.07. The molecule has 32 heavy (non-hydrogen) atoms. The van der Waals surface area contributed by atoms with Gasteiger partial charge in [0.25, 0.3) is 0 Å². The van der Waals surface area contributed by atoms with Gasteiger partial charge in [0, 0.05) is 29.6 Å². The Morgan fingerprint density at radius 1 is 0.969 bits per heavy atom. The summed E-state index contributed by atoms with van der Waals surface area (Å²) in [4.78, 5) is 27.2. The molecule has 1 aromatic heterocycles. The average molecular weight is 456 g/mol. The lowest BCUT2D eigenvalue weighted by Gasteiger charge is -2.16. The van der Waals surface area contributed by atoms with Crippen molar-refractivity contribution in [2.45, 2.75) is 51.5 Å². The molecule has 0 saturated heterocycles. The van der Waals surface area contributed by atoms with E-state index >= 15 is 0 Å². The van der Waals surface area contributed by atoms with Crippen molar-refractivity contribution in [2.24, 2.45) is 0 Å². The largest absolute Gasteiger partial charge is 0.354 e. The second kappa shape index (κ2) is 13.0. The number of halogens is 1. The standard InChI is InChI=1S/C26H33N3O2.ClH/c1-19(30)11-5-3-8-16-24(27-2)26(31)28-18-17-22-21-14-9-10-15-23(21)29-25(22)20-12-6-4-7-13-20;/h4,6-7,9-10,12-15,24,27,29H,3,5,8,11,16-18H2,1-2H3,(H,28,31);1H/t24-;/m0./s1. The molecule has 1 heterocycles. The van der Waals surface area contributed by atoms with E-state index in [2.05, 4.69) is 45.9 Å². The van der Waals surface area contributed by atoms with E-state index in [0.29, 0.717) is 13.0 Å². The summed E-state index contributed by atoms with van der Waals surface area (Å²) < 4.78 is 0. The highest BCUT2D eigenvalue weighted by molar-refractivity contribution is 5.91. The molecule has 0 saturated carbocycles. The van der Waals surface area contributed by atoms with Crippen LogP contribution >= 0.6 is 12.4 Å². The first kappa shape index (κ1) is 25.6. The molecular weight excluding hydrogens is 422 g/mol. The molecule has 0 unspecified atom stereocenters. The number of carbonyl (C=O) groups is 2. The Morgan fingerprint density at radius 2 is 1.69 bits per heavy atom. The number of rotatable bonds is 12. The predicted molar refractivity (Wildman–Crippen MR) is 134 cm³/mol. The quantitative estimate of drug-likeness (QED) is 0.335. The molecule has 0 spiro atoms. The average Bonchev–Trinajstić information content (AvgIpc) is 3.15. The van der Waals surface area contributed by atoms with E-state index in [4.69, 9.17) is 0 Å². The first-order valence-electron chi connectivity index (χ1n) is 11.2. The minimum absolute atomic E-state index is 0. The van der Waals surface area contributed by atoms with E-state index in [1.165, 1.54) is 10.9 Å². The summed E-state index contributed by atoms with van der Waals surface area (Å²) in [6.07, 6.45) is 4.98. The van der Waals surface area contributed by atoms with E-state index in [-0.39, 0.29) is 30.1 Å². The number of likely N-dealkylation sites (N-methyl/N-ethyl adjacent to an activating group) is 1. The summed E-state index contributed by atoms with van der Waals surface area (Å²) in [6, 6.07) is 18.4. The minimum Gasteiger partial charge on any atom is -0.354 e. The zero-order valence-electron chi connectivity index (χ0n) is 18.9. The van der Waals surface area contributed by atoms with Crippen molar-refractivity contribution in [3.05, 3.63) is 60.2 Å². The number of para-hydroxylation sites is 1. The Kier molecular flexibility index (Phi) is 10.4. The number of aromatic nitrogens is 1. The van der Waals surface area contributed by atoms with Gasteiger partial charge in [0.2, 0.25) is 5.91 Å². The van der Waals surface area contributed by atoms with Crippen molar-refractivity contribution in [3.8, 4) is 11.3 Å². The molecule has 0 aliphatic heterocycles. The van der Waals surface area contributed by atoms with Gasteiger partial charge in [0.15, 0.2) is 0 Å². The number of amides is 1. The topological polar surface area (TPSA) is 74.0 Å². The van der Waals surface area contributed by atoms with Gasteiger partial charge in [-0.2, -0.15) is 0 Å². The number of Topliss-reactive ketones (excluding diaryl/α,β-unsaturated/α-hetero) is 1. The summed E-state index contributed by atoms with van der Waals surface area (Å²) in [5.41, 5.74) is 4.61. The van der Waals surface area contributed by atoms with Crippen molar-refractivity contribution < 1.29 is 9.59 Å². The first-order chi connectivity index (χ1) is 15.1. The van der Waals surface area contributed by atoms with Gasteiger partial charge in [-0.3, -0.25) is 4.79 Å². The van der Waals surface area contributed by atoms with E-state index in [1.807, 2.05) is 31.3 Å². The zero-order chi connectivity index (χ0) is 22.1. The SMILES string of the molecule is CN[C@@H](CCCCCC(C)=O)C(=O)NCCc1c(-c2ccccc2)[nH]c2ccccc12.Cl. The smallest absolute Gasteiger partial charge is 0.237 e. The Bertz CT molecular complexity index is 1000. The summed E-state index contributed by atoms with van der Waals surface area (Å²) in [5, 5.41) is 7.43. The van der Waals surface area contributed by atoms with Crippen molar-refractivity contribution in [1.82, 2.24) is 15.6 Å². The summed E-state index contributed by atoms with van der Waals surface area (Å²) in [7, 11) is 1.83. The van der Waals surface area contributed by atoms with Gasteiger partial charge in [0.1, 0.15) is 5.78 Å². The molecule has 5 nitrogen and oxygen atoms in total. The Morgan fingerprint density at radius 3 is 2.41 bits per heavy atom. The number of ketones is 1. The first-order valence-corrected chi connectivity index (χ1v) is 11.2. The van der Waals surface area contributed by atoms with Crippen LogP contribution in [0.2, 0.25) is 0 Å². The number of nitrogens with one attached hydrogen (secondary N) is 3. The molecule has 0 aliphatic rings. The highest BCUT2D eigenvalue weighted by atomic mass is 35.5. The van der Waals surface area contributed by atoms with Crippen LogP contribution < -0.4 is 10.6 Å². The summed E-state index contributed by atoms with van der Waals surface area (Å²) >= 11 is 0. The lowest BCUT2D eigenvalue weighted by Crippen LogP contribution is -2.43. The number of fused-ring (bicyclic) bond motifs is 1. The van der Waals surface area contributed by atoms with Crippen molar-refractivity contribution in [3.63, 3.8) is 0 Å². The van der Waals surface area contributed by atoms with Crippen molar-refractivity contribution in [2.75, 3.05) is 13.6 Å². The molecule has 0 radical (unpaired) electrons. The second-order valence-electron chi connectivity index (χ2n) is 8.07. The molecule has 0 aliphatic carbocycles. The fraction of sp³-hybridized carbons (Fsp3) is 0.385. The molecule has 3 N–H and O–H groups in total. The third-order valence-corrected chi connectivity index (χ3v) is 5.74. The Hall–Kier alpha value is -2.63. The molecule has 1 atom stereocenters. The lowest BCUT2D eigenvalue weighted by atomic mass is 10.0. The number of aromatic amines is 1. The summed E-state index contributed by atoms with van der Waals surface area (Å²) in [5.74, 6) is 0.269. The molecule has 0 fully saturated rings. The predicted octanol–water partition coefficient (Wildman–Crippen LogP) is 5.04. The van der Waals surface area contributed by atoms with Crippen molar-refractivity contribution >= 4 is 35.0 Å². The highest BCUT2D eigenvalue weighted by Gasteiger charge is 2.17. The number of H-pyrrole nitrogens is 1. The van der Waals surface area contributed by atoms with E-state index in [9.17, 15) is 9.59 Å². The highest BCUT2D eigenvalue weighted by Crippen LogP contribution is 2.30. The molecule has 2 aromatic carbocycles. The van der Waals surface area contributed by atoms with Crippen LogP contribution in [-0.2, 0) is 16.0 Å².